The summed E-state index contributed by atoms with van der Waals surface area (Å²) >= 11 is 6.05. The van der Waals surface area contributed by atoms with E-state index >= 15 is 0 Å². The van der Waals surface area contributed by atoms with Gasteiger partial charge < -0.3 is 9.64 Å². The van der Waals surface area contributed by atoms with Crippen molar-refractivity contribution in [2.45, 2.75) is 13.3 Å². The molecule has 96 valence electrons. The Morgan fingerprint density at radius 1 is 1.50 bits per heavy atom. The van der Waals surface area contributed by atoms with Crippen molar-refractivity contribution in [3.8, 4) is 0 Å². The van der Waals surface area contributed by atoms with Crippen LogP contribution in [0.15, 0.2) is 24.3 Å². The van der Waals surface area contributed by atoms with Crippen LogP contribution in [0, 0.1) is 5.92 Å². The highest BCUT2D eigenvalue weighted by atomic mass is 35.5. The van der Waals surface area contributed by atoms with Crippen LogP contribution in [0.4, 0.5) is 5.69 Å². The van der Waals surface area contributed by atoms with Crippen LogP contribution in [0.25, 0.3) is 0 Å². The maximum atomic E-state index is 11.9. The second-order valence-corrected chi connectivity index (χ2v) is 4.52. The van der Waals surface area contributed by atoms with E-state index in [2.05, 4.69) is 0 Å². The predicted molar refractivity (Wildman–Crippen MR) is 68.5 cm³/mol. The summed E-state index contributed by atoms with van der Waals surface area (Å²) in [5.41, 5.74) is 0.649. The largest absolute Gasteiger partial charge is 0.466 e. The van der Waals surface area contributed by atoms with Crippen LogP contribution in [0.5, 0.6) is 0 Å². The first-order chi connectivity index (χ1) is 8.63. The number of hydrogen-bond donors (Lipinski definition) is 0. The molecule has 2 rings (SSSR count). The maximum absolute atomic E-state index is 11.9. The minimum atomic E-state index is -0.395. The molecular formula is C13H14ClNO3. The highest BCUT2D eigenvalue weighted by molar-refractivity contribution is 6.33. The lowest BCUT2D eigenvalue weighted by atomic mass is 10.1. The maximum Gasteiger partial charge on any atom is 0.311 e. The molecule has 0 saturated carbocycles. The number of carbonyl (C=O) groups is 2. The van der Waals surface area contributed by atoms with E-state index in [1.54, 1.807) is 30.0 Å². The average molecular weight is 268 g/mol. The van der Waals surface area contributed by atoms with Gasteiger partial charge in [-0.15, -0.1) is 0 Å². The van der Waals surface area contributed by atoms with E-state index in [-0.39, 0.29) is 18.3 Å². The zero-order valence-corrected chi connectivity index (χ0v) is 10.8. The molecule has 1 amide bonds. The third kappa shape index (κ3) is 2.48. The van der Waals surface area contributed by atoms with Crippen molar-refractivity contribution in [2.24, 2.45) is 5.92 Å². The SMILES string of the molecule is CCOC(=O)[C@@H]1CC(=O)N(c2ccccc2Cl)C1. The Hall–Kier alpha value is -1.55. The molecule has 1 saturated heterocycles. The van der Waals surface area contributed by atoms with Gasteiger partial charge in [-0.25, -0.2) is 0 Å². The van der Waals surface area contributed by atoms with E-state index in [0.29, 0.717) is 23.9 Å². The van der Waals surface area contributed by atoms with Gasteiger partial charge in [0.05, 0.1) is 23.2 Å². The third-order valence-corrected chi connectivity index (χ3v) is 3.21. The molecule has 0 aliphatic carbocycles. The van der Waals surface area contributed by atoms with Crippen LogP contribution in [-0.4, -0.2) is 25.0 Å². The molecule has 1 aromatic rings. The molecule has 0 aromatic heterocycles. The Kier molecular flexibility index (Phi) is 3.87. The zero-order valence-electron chi connectivity index (χ0n) is 10.1. The van der Waals surface area contributed by atoms with Crippen LogP contribution in [0.3, 0.4) is 0 Å². The normalized spacial score (nSPS) is 19.1. The number of ether oxygens (including phenoxy) is 1. The van der Waals surface area contributed by atoms with Gasteiger partial charge in [0.25, 0.3) is 0 Å². The summed E-state index contributed by atoms with van der Waals surface area (Å²) in [6, 6.07) is 7.11. The number of anilines is 1. The van der Waals surface area contributed by atoms with Gasteiger partial charge in [0.15, 0.2) is 0 Å². The summed E-state index contributed by atoms with van der Waals surface area (Å²) in [6.07, 6.45) is 0.185. The standard InChI is InChI=1S/C13H14ClNO3/c1-2-18-13(17)9-7-12(16)15(8-9)11-6-4-3-5-10(11)14/h3-6,9H,2,7-8H2,1H3/t9-/m1/s1. The van der Waals surface area contributed by atoms with Gasteiger partial charge in [-0.3, -0.25) is 9.59 Å². The number of halogens is 1. The second kappa shape index (κ2) is 5.40. The number of hydrogen-bond acceptors (Lipinski definition) is 3. The quantitative estimate of drug-likeness (QED) is 0.789. The molecule has 1 heterocycles. The lowest BCUT2D eigenvalue weighted by molar-refractivity contribution is -0.147. The number of benzene rings is 1. The highest BCUT2D eigenvalue weighted by Crippen LogP contribution is 2.31. The van der Waals surface area contributed by atoms with Crippen molar-refractivity contribution in [1.29, 1.82) is 0 Å². The van der Waals surface area contributed by atoms with Crippen LogP contribution in [-0.2, 0) is 14.3 Å². The first-order valence-corrected chi connectivity index (χ1v) is 6.22. The molecule has 0 unspecified atom stereocenters. The average Bonchev–Trinajstić information content (AvgIpc) is 2.72. The minimum Gasteiger partial charge on any atom is -0.466 e. The van der Waals surface area contributed by atoms with Crippen molar-refractivity contribution in [1.82, 2.24) is 0 Å². The fourth-order valence-corrected chi connectivity index (χ4v) is 2.27. The Morgan fingerprint density at radius 3 is 2.89 bits per heavy atom. The first kappa shape index (κ1) is 12.9. The molecule has 1 atom stereocenters. The molecule has 0 spiro atoms. The van der Waals surface area contributed by atoms with Crippen molar-refractivity contribution >= 4 is 29.2 Å². The summed E-state index contributed by atoms with van der Waals surface area (Å²) in [5, 5.41) is 0.510. The fourth-order valence-electron chi connectivity index (χ4n) is 2.03. The number of esters is 1. The molecule has 0 radical (unpaired) electrons. The molecule has 1 aliphatic heterocycles. The molecule has 18 heavy (non-hydrogen) atoms. The van der Waals surface area contributed by atoms with E-state index < -0.39 is 5.92 Å². The highest BCUT2D eigenvalue weighted by Gasteiger charge is 2.36. The van der Waals surface area contributed by atoms with E-state index in [0.717, 1.165) is 0 Å². The molecule has 1 fully saturated rings. The Morgan fingerprint density at radius 2 is 2.22 bits per heavy atom. The van der Waals surface area contributed by atoms with Gasteiger partial charge in [0.1, 0.15) is 0 Å². The topological polar surface area (TPSA) is 46.6 Å². The molecule has 0 N–H and O–H groups in total. The molecule has 0 bridgehead atoms. The lowest BCUT2D eigenvalue weighted by Crippen LogP contribution is -2.26. The van der Waals surface area contributed by atoms with E-state index in [1.165, 1.54) is 0 Å². The summed E-state index contributed by atoms with van der Waals surface area (Å²) in [5.74, 6) is -0.810. The van der Waals surface area contributed by atoms with Crippen LogP contribution in [0.2, 0.25) is 5.02 Å². The summed E-state index contributed by atoms with van der Waals surface area (Å²) in [6.45, 7) is 2.41. The molecule has 1 aromatic carbocycles. The summed E-state index contributed by atoms with van der Waals surface area (Å²) in [7, 11) is 0. The van der Waals surface area contributed by atoms with Gasteiger partial charge in [-0.2, -0.15) is 0 Å². The summed E-state index contributed by atoms with van der Waals surface area (Å²) < 4.78 is 4.94. The number of para-hydroxylation sites is 1. The van der Waals surface area contributed by atoms with Crippen molar-refractivity contribution in [2.75, 3.05) is 18.1 Å². The lowest BCUT2D eigenvalue weighted by Gasteiger charge is -2.17. The molecule has 1 aliphatic rings. The van der Waals surface area contributed by atoms with E-state index in [1.807, 2.05) is 6.07 Å². The Balaban J connectivity index is 2.15. The smallest absolute Gasteiger partial charge is 0.311 e. The van der Waals surface area contributed by atoms with Crippen LogP contribution in [0.1, 0.15) is 13.3 Å². The number of carbonyl (C=O) groups excluding carboxylic acids is 2. The third-order valence-electron chi connectivity index (χ3n) is 2.89. The van der Waals surface area contributed by atoms with Gasteiger partial charge in [-0.1, -0.05) is 23.7 Å². The van der Waals surface area contributed by atoms with Gasteiger partial charge >= 0.3 is 5.97 Å². The second-order valence-electron chi connectivity index (χ2n) is 4.11. The van der Waals surface area contributed by atoms with Crippen LogP contribution < -0.4 is 4.90 Å². The molecular weight excluding hydrogens is 254 g/mol. The van der Waals surface area contributed by atoms with Crippen LogP contribution >= 0.6 is 11.6 Å². The van der Waals surface area contributed by atoms with Crippen molar-refractivity contribution in [3.63, 3.8) is 0 Å². The Bertz CT molecular complexity index is 475. The van der Waals surface area contributed by atoms with Gasteiger partial charge in [0, 0.05) is 13.0 Å². The number of rotatable bonds is 3. The van der Waals surface area contributed by atoms with Gasteiger partial charge in [-0.05, 0) is 19.1 Å². The Labute approximate surface area is 110 Å². The first-order valence-electron chi connectivity index (χ1n) is 5.85. The summed E-state index contributed by atoms with van der Waals surface area (Å²) in [4.78, 5) is 25.1. The zero-order chi connectivity index (χ0) is 13.1. The minimum absolute atomic E-state index is 0.0962. The molecule has 5 heteroatoms. The monoisotopic (exact) mass is 267 g/mol. The number of nitrogens with zero attached hydrogens (tertiary/aromatic N) is 1. The number of amides is 1. The van der Waals surface area contributed by atoms with Crippen molar-refractivity contribution < 1.29 is 14.3 Å². The molecule has 4 nitrogen and oxygen atoms in total. The van der Waals surface area contributed by atoms with Crippen molar-refractivity contribution in [3.05, 3.63) is 29.3 Å². The van der Waals surface area contributed by atoms with Gasteiger partial charge in [0.2, 0.25) is 5.91 Å². The predicted octanol–water partition coefficient (Wildman–Crippen LogP) is 2.26. The van der Waals surface area contributed by atoms with E-state index in [4.69, 9.17) is 16.3 Å². The van der Waals surface area contributed by atoms with E-state index in [9.17, 15) is 9.59 Å². The fraction of sp³-hybridized carbons (Fsp3) is 0.385.